The maximum Gasteiger partial charge on any atom is 0.296 e. The average molecular weight is 208 g/mol. The molecule has 1 aromatic carbocycles. The fourth-order valence-corrected chi connectivity index (χ4v) is 2.21. The monoisotopic (exact) mass is 208 g/mol. The first-order chi connectivity index (χ1) is 6.72. The second-order valence-corrected chi connectivity index (χ2v) is 3.96. The minimum atomic E-state index is -0.387. The van der Waals surface area contributed by atoms with E-state index in [1.165, 1.54) is 17.4 Å². The Kier molecular flexibility index (Phi) is 2.17. The molecule has 0 bridgehead atoms. The molecule has 14 heavy (non-hydrogen) atoms. The van der Waals surface area contributed by atoms with Crippen molar-refractivity contribution in [2.45, 2.75) is 13.3 Å². The number of nitrogens with zero attached hydrogens (tertiary/aromatic N) is 2. The highest BCUT2D eigenvalue weighted by molar-refractivity contribution is 7.18. The Morgan fingerprint density at radius 2 is 2.36 bits per heavy atom. The molecule has 1 aromatic heterocycles. The van der Waals surface area contributed by atoms with Crippen LogP contribution >= 0.6 is 11.3 Å². The van der Waals surface area contributed by atoms with Gasteiger partial charge in [-0.2, -0.15) is 0 Å². The molecule has 0 aliphatic rings. The summed E-state index contributed by atoms with van der Waals surface area (Å²) in [4.78, 5) is 14.5. The van der Waals surface area contributed by atoms with Crippen LogP contribution in [0.3, 0.4) is 0 Å². The van der Waals surface area contributed by atoms with Gasteiger partial charge in [0.25, 0.3) is 5.69 Å². The van der Waals surface area contributed by atoms with Crippen LogP contribution in [0.15, 0.2) is 18.2 Å². The van der Waals surface area contributed by atoms with E-state index in [1.54, 1.807) is 6.07 Å². The maximum absolute atomic E-state index is 10.7. The van der Waals surface area contributed by atoms with Gasteiger partial charge in [-0.05, 0) is 12.5 Å². The van der Waals surface area contributed by atoms with Crippen molar-refractivity contribution in [2.75, 3.05) is 0 Å². The molecule has 1 heterocycles. The van der Waals surface area contributed by atoms with Gasteiger partial charge in [0.05, 0.1) is 14.6 Å². The van der Waals surface area contributed by atoms with Crippen LogP contribution in [-0.4, -0.2) is 9.91 Å². The Balaban J connectivity index is 2.73. The van der Waals surface area contributed by atoms with Gasteiger partial charge in [-0.25, -0.2) is 4.98 Å². The zero-order chi connectivity index (χ0) is 10.1. The van der Waals surface area contributed by atoms with E-state index in [2.05, 4.69) is 4.98 Å². The molecule has 0 atom stereocenters. The van der Waals surface area contributed by atoms with Crippen LogP contribution in [-0.2, 0) is 6.42 Å². The molecule has 0 aliphatic heterocycles. The van der Waals surface area contributed by atoms with Gasteiger partial charge in [0, 0.05) is 6.07 Å². The van der Waals surface area contributed by atoms with E-state index in [1.807, 2.05) is 13.0 Å². The number of rotatable bonds is 2. The highest BCUT2D eigenvalue weighted by atomic mass is 32.1. The molecule has 0 fully saturated rings. The molecule has 0 saturated heterocycles. The van der Waals surface area contributed by atoms with E-state index in [4.69, 9.17) is 0 Å². The molecular weight excluding hydrogens is 200 g/mol. The molecule has 0 N–H and O–H groups in total. The van der Waals surface area contributed by atoms with Crippen LogP contribution in [0.25, 0.3) is 10.2 Å². The highest BCUT2D eigenvalue weighted by Gasteiger charge is 2.14. The normalized spacial score (nSPS) is 10.6. The third kappa shape index (κ3) is 1.35. The summed E-state index contributed by atoms with van der Waals surface area (Å²) >= 11 is 1.51. The van der Waals surface area contributed by atoms with Gasteiger partial charge in [0.15, 0.2) is 5.52 Å². The van der Waals surface area contributed by atoms with E-state index in [0.29, 0.717) is 5.52 Å². The van der Waals surface area contributed by atoms with Crippen molar-refractivity contribution >= 4 is 27.2 Å². The lowest BCUT2D eigenvalue weighted by Gasteiger charge is -1.90. The summed E-state index contributed by atoms with van der Waals surface area (Å²) in [6, 6.07) is 5.04. The fourth-order valence-electron chi connectivity index (χ4n) is 1.28. The minimum Gasteiger partial charge on any atom is -0.258 e. The molecule has 0 saturated carbocycles. The van der Waals surface area contributed by atoms with Crippen LogP contribution in [0.1, 0.15) is 11.9 Å². The molecule has 2 rings (SSSR count). The number of nitro benzene ring substituents is 1. The number of thiazole rings is 1. The van der Waals surface area contributed by atoms with Crippen molar-refractivity contribution in [2.24, 2.45) is 0 Å². The van der Waals surface area contributed by atoms with Gasteiger partial charge >= 0.3 is 0 Å². The maximum atomic E-state index is 10.7. The number of nitro groups is 1. The molecule has 0 radical (unpaired) electrons. The lowest BCUT2D eigenvalue weighted by atomic mass is 10.3. The van der Waals surface area contributed by atoms with Crippen LogP contribution in [0, 0.1) is 10.1 Å². The zero-order valence-corrected chi connectivity index (χ0v) is 8.37. The second kappa shape index (κ2) is 3.34. The van der Waals surface area contributed by atoms with E-state index >= 15 is 0 Å². The van der Waals surface area contributed by atoms with Crippen LogP contribution in [0.5, 0.6) is 0 Å². The van der Waals surface area contributed by atoms with Crippen molar-refractivity contribution in [3.8, 4) is 0 Å². The first-order valence-corrected chi connectivity index (χ1v) is 5.07. The predicted molar refractivity (Wildman–Crippen MR) is 55.7 cm³/mol. The van der Waals surface area contributed by atoms with Gasteiger partial charge < -0.3 is 0 Å². The van der Waals surface area contributed by atoms with Crippen molar-refractivity contribution in [1.82, 2.24) is 4.98 Å². The number of aryl methyl sites for hydroxylation is 1. The molecule has 0 spiro atoms. The highest BCUT2D eigenvalue weighted by Crippen LogP contribution is 2.29. The average Bonchev–Trinajstić information content (AvgIpc) is 2.59. The summed E-state index contributed by atoms with van der Waals surface area (Å²) in [5.41, 5.74) is 0.609. The van der Waals surface area contributed by atoms with E-state index in [-0.39, 0.29) is 10.6 Å². The summed E-state index contributed by atoms with van der Waals surface area (Å²) < 4.78 is 0.885. The van der Waals surface area contributed by atoms with Crippen LogP contribution in [0.2, 0.25) is 0 Å². The van der Waals surface area contributed by atoms with Crippen LogP contribution in [0.4, 0.5) is 5.69 Å². The molecule has 4 nitrogen and oxygen atoms in total. The standard InChI is InChI=1S/C9H8N2O2S/c1-2-8-10-9-6(11(12)13)4-3-5-7(9)14-8/h3-5H,2H2,1H3. The fraction of sp³-hybridized carbons (Fsp3) is 0.222. The van der Waals surface area contributed by atoms with Crippen molar-refractivity contribution in [1.29, 1.82) is 0 Å². The van der Waals surface area contributed by atoms with Gasteiger partial charge in [0.1, 0.15) is 0 Å². The molecule has 0 aliphatic carbocycles. The van der Waals surface area contributed by atoms with Gasteiger partial charge in [-0.15, -0.1) is 11.3 Å². The quantitative estimate of drug-likeness (QED) is 0.563. The Bertz CT molecular complexity index is 493. The Morgan fingerprint density at radius 3 is 3.00 bits per heavy atom. The third-order valence-electron chi connectivity index (χ3n) is 1.94. The van der Waals surface area contributed by atoms with Crippen molar-refractivity contribution < 1.29 is 4.92 Å². The molecule has 2 aromatic rings. The number of non-ortho nitro benzene ring substituents is 1. The first kappa shape index (κ1) is 9.08. The molecular formula is C9H8N2O2S. The smallest absolute Gasteiger partial charge is 0.258 e. The van der Waals surface area contributed by atoms with E-state index < -0.39 is 0 Å². The lowest BCUT2D eigenvalue weighted by Crippen LogP contribution is -1.88. The second-order valence-electron chi connectivity index (χ2n) is 2.84. The molecule has 0 amide bonds. The zero-order valence-electron chi connectivity index (χ0n) is 7.56. The van der Waals surface area contributed by atoms with Crippen molar-refractivity contribution in [3.63, 3.8) is 0 Å². The lowest BCUT2D eigenvalue weighted by molar-refractivity contribution is -0.383. The SMILES string of the molecule is CCc1nc2c([N+](=O)[O-])cccc2s1. The number of aromatic nitrogens is 1. The van der Waals surface area contributed by atoms with E-state index in [9.17, 15) is 10.1 Å². The van der Waals surface area contributed by atoms with Gasteiger partial charge in [-0.1, -0.05) is 13.0 Å². The minimum absolute atomic E-state index is 0.0958. The Hall–Kier alpha value is -1.49. The number of benzene rings is 1. The molecule has 72 valence electrons. The summed E-state index contributed by atoms with van der Waals surface area (Å²) in [5.74, 6) is 0. The summed E-state index contributed by atoms with van der Waals surface area (Å²) in [5, 5.41) is 11.6. The third-order valence-corrected chi connectivity index (χ3v) is 3.11. The van der Waals surface area contributed by atoms with Gasteiger partial charge in [-0.3, -0.25) is 10.1 Å². The summed E-state index contributed by atoms with van der Waals surface area (Å²) in [6.45, 7) is 1.99. The summed E-state index contributed by atoms with van der Waals surface area (Å²) in [6.07, 6.45) is 0.816. The first-order valence-electron chi connectivity index (χ1n) is 4.25. The summed E-state index contributed by atoms with van der Waals surface area (Å²) in [7, 11) is 0. The van der Waals surface area contributed by atoms with Crippen molar-refractivity contribution in [3.05, 3.63) is 33.3 Å². The number of para-hydroxylation sites is 1. The topological polar surface area (TPSA) is 56.0 Å². The number of hydrogen-bond donors (Lipinski definition) is 0. The predicted octanol–water partition coefficient (Wildman–Crippen LogP) is 2.77. The molecule has 5 heteroatoms. The van der Waals surface area contributed by atoms with Gasteiger partial charge in [0.2, 0.25) is 0 Å². The Labute approximate surface area is 84.4 Å². The molecule has 0 unspecified atom stereocenters. The van der Waals surface area contributed by atoms with Crippen LogP contribution < -0.4 is 0 Å². The van der Waals surface area contributed by atoms with E-state index in [0.717, 1.165) is 16.1 Å². The number of fused-ring (bicyclic) bond motifs is 1. The largest absolute Gasteiger partial charge is 0.296 e. The Morgan fingerprint density at radius 1 is 1.57 bits per heavy atom. The number of hydrogen-bond acceptors (Lipinski definition) is 4.